The molecule has 0 aliphatic carbocycles. The van der Waals surface area contributed by atoms with E-state index in [2.05, 4.69) is 37.2 Å². The molecule has 1 aliphatic heterocycles. The van der Waals surface area contributed by atoms with Crippen LogP contribution in [0.15, 0.2) is 66.0 Å². The summed E-state index contributed by atoms with van der Waals surface area (Å²) in [6.07, 6.45) is 1.56. The number of piperazine rings is 1. The molecular formula is C24H27N5O3S. The van der Waals surface area contributed by atoms with Gasteiger partial charge in [0.2, 0.25) is 5.91 Å². The van der Waals surface area contributed by atoms with E-state index in [1.54, 1.807) is 26.6 Å². The number of benzene rings is 2. The third-order valence-electron chi connectivity index (χ3n) is 5.35. The van der Waals surface area contributed by atoms with Gasteiger partial charge in [0.05, 0.1) is 20.0 Å². The minimum absolute atomic E-state index is 0.0969. The predicted octanol–water partition coefficient (Wildman–Crippen LogP) is 3.55. The first kappa shape index (κ1) is 22.7. The zero-order chi connectivity index (χ0) is 23.0. The van der Waals surface area contributed by atoms with Gasteiger partial charge in [-0.15, -0.1) is 0 Å². The molecule has 0 unspecified atom stereocenters. The Balaban J connectivity index is 1.30. The zero-order valence-corrected chi connectivity index (χ0v) is 19.5. The van der Waals surface area contributed by atoms with Gasteiger partial charge in [-0.1, -0.05) is 23.9 Å². The fourth-order valence-electron chi connectivity index (χ4n) is 3.62. The van der Waals surface area contributed by atoms with Crippen LogP contribution < -0.4 is 24.6 Å². The lowest BCUT2D eigenvalue weighted by atomic mass is 10.2. The molecule has 33 heavy (non-hydrogen) atoms. The molecule has 1 N–H and O–H groups in total. The topological polar surface area (TPSA) is 79.8 Å². The summed E-state index contributed by atoms with van der Waals surface area (Å²) in [5, 5.41) is 3.66. The number of methoxy groups -OCH3 is 2. The number of carbonyl (C=O) groups excluding carboxylic acids is 1. The highest BCUT2D eigenvalue weighted by molar-refractivity contribution is 7.99. The molecule has 3 aromatic rings. The van der Waals surface area contributed by atoms with Crippen LogP contribution in [-0.4, -0.2) is 62.0 Å². The van der Waals surface area contributed by atoms with Crippen LogP contribution in [0.25, 0.3) is 0 Å². The largest absolute Gasteiger partial charge is 0.497 e. The van der Waals surface area contributed by atoms with Crippen LogP contribution in [0.4, 0.5) is 17.2 Å². The predicted molar refractivity (Wildman–Crippen MR) is 132 cm³/mol. The highest BCUT2D eigenvalue weighted by atomic mass is 32.2. The molecule has 0 saturated carbocycles. The number of carbonyl (C=O) groups is 1. The Hall–Kier alpha value is -3.46. The molecule has 4 rings (SSSR count). The first-order chi connectivity index (χ1) is 16.1. The second-order valence-corrected chi connectivity index (χ2v) is 8.45. The number of nitrogens with zero attached hydrogens (tertiary/aromatic N) is 4. The molecule has 2 aromatic carbocycles. The smallest absolute Gasteiger partial charge is 0.234 e. The third-order valence-corrected chi connectivity index (χ3v) is 6.28. The summed E-state index contributed by atoms with van der Waals surface area (Å²) in [6.45, 7) is 3.49. The van der Waals surface area contributed by atoms with Crippen LogP contribution >= 0.6 is 11.8 Å². The van der Waals surface area contributed by atoms with Crippen LogP contribution in [0.3, 0.4) is 0 Å². The summed E-state index contributed by atoms with van der Waals surface area (Å²) in [6, 6.07) is 17.4. The summed E-state index contributed by atoms with van der Waals surface area (Å²) in [5.41, 5.74) is 1.87. The van der Waals surface area contributed by atoms with Crippen molar-refractivity contribution in [3.8, 4) is 11.5 Å². The summed E-state index contributed by atoms with van der Waals surface area (Å²) in [7, 11) is 3.28. The van der Waals surface area contributed by atoms with Crippen LogP contribution in [-0.2, 0) is 4.79 Å². The number of thioether (sulfide) groups is 1. The molecule has 1 amide bonds. The highest BCUT2D eigenvalue weighted by Crippen LogP contribution is 2.25. The lowest BCUT2D eigenvalue weighted by molar-refractivity contribution is -0.113. The molecule has 1 fully saturated rings. The Labute approximate surface area is 197 Å². The molecule has 172 valence electrons. The Morgan fingerprint density at radius 2 is 1.64 bits per heavy atom. The molecule has 0 radical (unpaired) electrons. The Bertz CT molecular complexity index is 1090. The van der Waals surface area contributed by atoms with Crippen LogP contribution in [0.1, 0.15) is 0 Å². The molecule has 2 heterocycles. The van der Waals surface area contributed by atoms with E-state index in [1.807, 2.05) is 36.4 Å². The van der Waals surface area contributed by atoms with Crippen LogP contribution in [0.5, 0.6) is 11.5 Å². The van der Waals surface area contributed by atoms with Crippen molar-refractivity contribution in [1.82, 2.24) is 9.97 Å². The van der Waals surface area contributed by atoms with E-state index in [9.17, 15) is 4.79 Å². The molecular weight excluding hydrogens is 438 g/mol. The maximum atomic E-state index is 12.3. The average Bonchev–Trinajstić information content (AvgIpc) is 2.88. The van der Waals surface area contributed by atoms with Crippen molar-refractivity contribution in [2.45, 2.75) is 5.03 Å². The van der Waals surface area contributed by atoms with Gasteiger partial charge in [0.25, 0.3) is 0 Å². The van der Waals surface area contributed by atoms with Crippen molar-refractivity contribution in [1.29, 1.82) is 0 Å². The first-order valence-electron chi connectivity index (χ1n) is 10.7. The molecule has 8 nitrogen and oxygen atoms in total. The summed E-state index contributed by atoms with van der Waals surface area (Å²) < 4.78 is 10.5. The van der Waals surface area contributed by atoms with Gasteiger partial charge in [-0.2, -0.15) is 0 Å². The van der Waals surface area contributed by atoms with Crippen molar-refractivity contribution in [2.75, 3.05) is 61.3 Å². The van der Waals surface area contributed by atoms with Gasteiger partial charge in [-0.05, 0) is 24.3 Å². The van der Waals surface area contributed by atoms with Crippen LogP contribution in [0, 0.1) is 0 Å². The minimum Gasteiger partial charge on any atom is -0.497 e. The van der Waals surface area contributed by atoms with Crippen LogP contribution in [0.2, 0.25) is 0 Å². The normalized spacial score (nSPS) is 13.5. The van der Waals surface area contributed by atoms with E-state index in [-0.39, 0.29) is 11.7 Å². The Morgan fingerprint density at radius 1 is 0.939 bits per heavy atom. The van der Waals surface area contributed by atoms with E-state index in [4.69, 9.17) is 9.47 Å². The van der Waals surface area contributed by atoms with Gasteiger partial charge in [0, 0.05) is 55.8 Å². The monoisotopic (exact) mass is 465 g/mol. The third kappa shape index (κ3) is 6.07. The number of hydrogen-bond donors (Lipinski definition) is 1. The minimum atomic E-state index is -0.0969. The number of hydrogen-bond acceptors (Lipinski definition) is 8. The Kier molecular flexibility index (Phi) is 7.51. The van der Waals surface area contributed by atoms with Gasteiger partial charge in [-0.25, -0.2) is 9.97 Å². The van der Waals surface area contributed by atoms with E-state index in [1.165, 1.54) is 11.8 Å². The fourth-order valence-corrected chi connectivity index (χ4v) is 4.28. The van der Waals surface area contributed by atoms with Crippen molar-refractivity contribution in [2.24, 2.45) is 0 Å². The van der Waals surface area contributed by atoms with E-state index in [0.717, 1.165) is 48.5 Å². The summed E-state index contributed by atoms with van der Waals surface area (Å²) >= 11 is 1.39. The average molecular weight is 466 g/mol. The van der Waals surface area contributed by atoms with Gasteiger partial charge < -0.3 is 24.6 Å². The number of ether oxygens (including phenoxy) is 2. The number of aromatic nitrogens is 2. The van der Waals surface area contributed by atoms with Gasteiger partial charge in [-0.3, -0.25) is 4.79 Å². The van der Waals surface area contributed by atoms with Crippen molar-refractivity contribution in [3.63, 3.8) is 0 Å². The van der Waals surface area contributed by atoms with E-state index in [0.29, 0.717) is 11.4 Å². The van der Waals surface area contributed by atoms with Crippen molar-refractivity contribution < 1.29 is 14.3 Å². The number of amides is 1. The molecule has 0 atom stereocenters. The quantitative estimate of drug-likeness (QED) is 0.400. The van der Waals surface area contributed by atoms with E-state index >= 15 is 0 Å². The highest BCUT2D eigenvalue weighted by Gasteiger charge is 2.19. The van der Waals surface area contributed by atoms with Crippen molar-refractivity contribution >= 4 is 34.9 Å². The Morgan fingerprint density at radius 3 is 2.39 bits per heavy atom. The standard InChI is InChI=1S/C24H27N5O3S/c1-31-20-7-3-5-18(13-20)27-23(30)16-33-24-15-22(25-17-26-24)29-11-9-28(10-12-29)19-6-4-8-21(14-19)32-2/h3-8,13-15,17H,9-12,16H2,1-2H3,(H,27,30). The number of rotatable bonds is 8. The summed E-state index contributed by atoms with van der Waals surface area (Å²) in [5.74, 6) is 2.61. The van der Waals surface area contributed by atoms with Gasteiger partial charge in [0.1, 0.15) is 28.7 Å². The lowest BCUT2D eigenvalue weighted by Gasteiger charge is -2.36. The van der Waals surface area contributed by atoms with Gasteiger partial charge in [0.15, 0.2) is 0 Å². The fraction of sp³-hybridized carbons (Fsp3) is 0.292. The van der Waals surface area contributed by atoms with Gasteiger partial charge >= 0.3 is 0 Å². The first-order valence-corrected chi connectivity index (χ1v) is 11.7. The second kappa shape index (κ2) is 10.9. The molecule has 1 aromatic heterocycles. The SMILES string of the molecule is COc1cccc(NC(=O)CSc2cc(N3CCN(c4cccc(OC)c4)CC3)ncn2)c1. The van der Waals surface area contributed by atoms with E-state index < -0.39 is 0 Å². The number of anilines is 3. The maximum absolute atomic E-state index is 12.3. The van der Waals surface area contributed by atoms with Crippen molar-refractivity contribution in [3.05, 3.63) is 60.9 Å². The maximum Gasteiger partial charge on any atom is 0.234 e. The molecule has 1 saturated heterocycles. The molecule has 0 spiro atoms. The summed E-state index contributed by atoms with van der Waals surface area (Å²) in [4.78, 5) is 25.7. The molecule has 9 heteroatoms. The second-order valence-electron chi connectivity index (χ2n) is 7.46. The zero-order valence-electron chi connectivity index (χ0n) is 18.7. The molecule has 0 bridgehead atoms. The number of nitrogens with one attached hydrogen (secondary N) is 1. The lowest BCUT2D eigenvalue weighted by Crippen LogP contribution is -2.46. The molecule has 1 aliphatic rings.